The summed E-state index contributed by atoms with van der Waals surface area (Å²) in [5.41, 5.74) is 0.841. The zero-order valence-corrected chi connectivity index (χ0v) is 7.53. The molecule has 0 aliphatic carbocycles. The summed E-state index contributed by atoms with van der Waals surface area (Å²) in [5, 5.41) is 0. The molecular weight excluding hydrogens is 142 g/mol. The maximum Gasteiger partial charge on any atom is 0.0403 e. The molecule has 0 fully saturated rings. The van der Waals surface area contributed by atoms with Gasteiger partial charge in [0.05, 0.1) is 0 Å². The summed E-state index contributed by atoms with van der Waals surface area (Å²) >= 11 is 1.68. The minimum Gasteiger partial charge on any atom is -0.261 e. The van der Waals surface area contributed by atoms with Gasteiger partial charge in [0.1, 0.15) is 0 Å². The van der Waals surface area contributed by atoms with Crippen LogP contribution < -0.4 is 0 Å². The van der Waals surface area contributed by atoms with Gasteiger partial charge in [-0.1, -0.05) is 12.7 Å². The molecule has 0 atom stereocenters. The van der Waals surface area contributed by atoms with Crippen LogP contribution in [0.1, 0.15) is 13.8 Å². The predicted octanol–water partition coefficient (Wildman–Crippen LogP) is 2.86. The van der Waals surface area contributed by atoms with E-state index in [4.69, 9.17) is 0 Å². The van der Waals surface area contributed by atoms with Gasteiger partial charge in [0.15, 0.2) is 0 Å². The van der Waals surface area contributed by atoms with Crippen LogP contribution in [0, 0.1) is 0 Å². The van der Waals surface area contributed by atoms with Crippen molar-refractivity contribution in [3.8, 4) is 0 Å². The van der Waals surface area contributed by atoms with Gasteiger partial charge in [-0.25, -0.2) is 0 Å². The molecule has 0 aliphatic heterocycles. The van der Waals surface area contributed by atoms with Crippen LogP contribution in [0.25, 0.3) is 0 Å². The van der Waals surface area contributed by atoms with Gasteiger partial charge in [-0.15, -0.1) is 11.8 Å². The number of thioether (sulfide) groups is 1. The summed E-state index contributed by atoms with van der Waals surface area (Å²) in [4.78, 5) is 5.23. The fourth-order valence-corrected chi connectivity index (χ4v) is 0.813. The zero-order valence-electron chi connectivity index (χ0n) is 6.72. The van der Waals surface area contributed by atoms with Crippen molar-refractivity contribution in [2.45, 2.75) is 13.8 Å². The van der Waals surface area contributed by atoms with Gasteiger partial charge in [0.25, 0.3) is 0 Å². The first kappa shape index (κ1) is 9.50. The lowest BCUT2D eigenvalue weighted by Gasteiger charge is -1.91. The molecule has 0 aromatic carbocycles. The molecule has 2 heteroatoms. The maximum absolute atomic E-state index is 4.06. The highest BCUT2D eigenvalue weighted by atomic mass is 32.2. The van der Waals surface area contributed by atoms with Crippen molar-refractivity contribution >= 4 is 18.0 Å². The Balaban J connectivity index is 3.98. The Morgan fingerprint density at radius 3 is 2.50 bits per heavy atom. The first-order chi connectivity index (χ1) is 4.70. The molecule has 0 rings (SSSR count). The lowest BCUT2D eigenvalue weighted by Crippen LogP contribution is -1.76. The highest BCUT2D eigenvalue weighted by Crippen LogP contribution is 2.07. The van der Waals surface area contributed by atoms with E-state index in [-0.39, 0.29) is 0 Å². The lowest BCUT2D eigenvalue weighted by atomic mass is 10.5. The topological polar surface area (TPSA) is 12.4 Å². The predicted molar refractivity (Wildman–Crippen MR) is 50.6 cm³/mol. The summed E-state index contributed by atoms with van der Waals surface area (Å²) < 4.78 is 0. The van der Waals surface area contributed by atoms with Crippen molar-refractivity contribution in [1.29, 1.82) is 0 Å². The Bertz CT molecular complexity index is 168. The molecule has 0 aromatic heterocycles. The Morgan fingerprint density at radius 2 is 2.20 bits per heavy atom. The molecule has 0 aromatic rings. The van der Waals surface area contributed by atoms with E-state index in [2.05, 4.69) is 11.6 Å². The Kier molecular flexibility index (Phi) is 5.03. The number of hydrogen-bond acceptors (Lipinski definition) is 2. The van der Waals surface area contributed by atoms with Gasteiger partial charge in [-0.3, -0.25) is 4.99 Å². The van der Waals surface area contributed by atoms with Gasteiger partial charge < -0.3 is 0 Å². The number of rotatable bonds is 3. The summed E-state index contributed by atoms with van der Waals surface area (Å²) in [5.74, 6) is 0. The number of aliphatic imine (C=N–C) groups is 1. The van der Waals surface area contributed by atoms with Crippen LogP contribution in [0.15, 0.2) is 28.2 Å². The van der Waals surface area contributed by atoms with Gasteiger partial charge in [0, 0.05) is 16.8 Å². The molecule has 0 bridgehead atoms. The van der Waals surface area contributed by atoms with Crippen LogP contribution in [-0.2, 0) is 0 Å². The molecule has 56 valence electrons. The van der Waals surface area contributed by atoms with E-state index < -0.39 is 0 Å². The standard InChI is InChI=1S/C8H13NS/c1-5-8(10-4)6-9-7(2)3/h5-6H,2H2,1,3-4H3/b8-5+,9-6?. The summed E-state index contributed by atoms with van der Waals surface area (Å²) in [6, 6.07) is 0. The Morgan fingerprint density at radius 1 is 1.60 bits per heavy atom. The van der Waals surface area contributed by atoms with Gasteiger partial charge in [0.2, 0.25) is 0 Å². The molecule has 0 spiro atoms. The van der Waals surface area contributed by atoms with E-state index in [0.29, 0.717) is 0 Å². The smallest absolute Gasteiger partial charge is 0.0403 e. The SMILES string of the molecule is C=C(C)N=C/C(=C\C)SC. The first-order valence-corrected chi connectivity index (χ1v) is 4.33. The molecule has 0 heterocycles. The second kappa shape index (κ2) is 5.30. The van der Waals surface area contributed by atoms with Crippen molar-refractivity contribution in [2.24, 2.45) is 4.99 Å². The molecule has 10 heavy (non-hydrogen) atoms. The summed E-state index contributed by atoms with van der Waals surface area (Å²) in [6.45, 7) is 7.54. The minimum atomic E-state index is 0.841. The molecule has 1 nitrogen and oxygen atoms in total. The van der Waals surface area contributed by atoms with Crippen molar-refractivity contribution in [1.82, 2.24) is 0 Å². The van der Waals surface area contributed by atoms with Crippen LogP contribution in [-0.4, -0.2) is 12.5 Å². The second-order valence-corrected chi connectivity index (χ2v) is 2.77. The normalized spacial score (nSPS) is 12.5. The molecule has 0 saturated carbocycles. The van der Waals surface area contributed by atoms with E-state index in [9.17, 15) is 0 Å². The third-order valence-electron chi connectivity index (χ3n) is 0.932. The van der Waals surface area contributed by atoms with Crippen LogP contribution in [0.5, 0.6) is 0 Å². The third-order valence-corrected chi connectivity index (χ3v) is 1.74. The van der Waals surface area contributed by atoms with E-state index in [0.717, 1.165) is 5.70 Å². The van der Waals surface area contributed by atoms with E-state index in [1.165, 1.54) is 4.91 Å². The molecule has 0 aliphatic rings. The van der Waals surface area contributed by atoms with E-state index in [1.54, 1.807) is 11.8 Å². The van der Waals surface area contributed by atoms with Crippen molar-refractivity contribution < 1.29 is 0 Å². The van der Waals surface area contributed by atoms with Crippen LogP contribution >= 0.6 is 11.8 Å². The molecular formula is C8H13NS. The minimum absolute atomic E-state index is 0.841. The monoisotopic (exact) mass is 155 g/mol. The van der Waals surface area contributed by atoms with Gasteiger partial charge in [-0.05, 0) is 20.1 Å². The lowest BCUT2D eigenvalue weighted by molar-refractivity contribution is 1.34. The molecule has 0 N–H and O–H groups in total. The number of allylic oxidation sites excluding steroid dienone is 3. The highest BCUT2D eigenvalue weighted by molar-refractivity contribution is 8.03. The van der Waals surface area contributed by atoms with Gasteiger partial charge >= 0.3 is 0 Å². The second-order valence-electron chi connectivity index (χ2n) is 1.89. The van der Waals surface area contributed by atoms with Crippen molar-refractivity contribution in [3.63, 3.8) is 0 Å². The van der Waals surface area contributed by atoms with E-state index in [1.807, 2.05) is 32.4 Å². The maximum atomic E-state index is 4.06. The van der Waals surface area contributed by atoms with Crippen LogP contribution in [0.4, 0.5) is 0 Å². The van der Waals surface area contributed by atoms with E-state index >= 15 is 0 Å². The third kappa shape index (κ3) is 4.39. The summed E-state index contributed by atoms with van der Waals surface area (Å²) in [6.07, 6.45) is 5.88. The largest absolute Gasteiger partial charge is 0.261 e. The zero-order chi connectivity index (χ0) is 7.98. The Labute approximate surface area is 66.9 Å². The number of hydrogen-bond donors (Lipinski definition) is 0. The van der Waals surface area contributed by atoms with Crippen LogP contribution in [0.3, 0.4) is 0 Å². The molecule has 0 unspecified atom stereocenters. The molecule has 0 radical (unpaired) electrons. The van der Waals surface area contributed by atoms with Crippen molar-refractivity contribution in [2.75, 3.05) is 6.26 Å². The number of nitrogens with zero attached hydrogens (tertiary/aromatic N) is 1. The quantitative estimate of drug-likeness (QED) is 0.571. The molecule has 0 saturated heterocycles. The van der Waals surface area contributed by atoms with Crippen LogP contribution in [0.2, 0.25) is 0 Å². The average Bonchev–Trinajstić information content (AvgIpc) is 1.90. The summed E-state index contributed by atoms with van der Waals surface area (Å²) in [7, 11) is 0. The fraction of sp³-hybridized carbons (Fsp3) is 0.375. The first-order valence-electron chi connectivity index (χ1n) is 3.10. The highest BCUT2D eigenvalue weighted by Gasteiger charge is 1.84. The Hall–Kier alpha value is -0.500. The average molecular weight is 155 g/mol. The van der Waals surface area contributed by atoms with Crippen molar-refractivity contribution in [3.05, 3.63) is 23.3 Å². The van der Waals surface area contributed by atoms with Gasteiger partial charge in [-0.2, -0.15) is 0 Å². The fourth-order valence-electron chi connectivity index (χ4n) is 0.419. The molecule has 0 amide bonds.